The minimum Gasteiger partial charge on any atom is -0.335 e. The molecule has 0 aliphatic heterocycles. The number of amides is 1. The molecule has 0 atom stereocenters. The van der Waals surface area contributed by atoms with Gasteiger partial charge in [-0.25, -0.2) is 0 Å². The lowest BCUT2D eigenvalue weighted by Crippen LogP contribution is -2.27. The Hall–Kier alpha value is -2.33. The Morgan fingerprint density at radius 2 is 1.64 bits per heavy atom. The minimum atomic E-state index is -0.474. The van der Waals surface area contributed by atoms with Crippen molar-refractivity contribution in [2.24, 2.45) is 5.41 Å². The lowest BCUT2D eigenvalue weighted by atomic mass is 9.95. The Bertz CT molecular complexity index is 618. The van der Waals surface area contributed by atoms with Crippen LogP contribution in [0.25, 0.3) is 0 Å². The number of carbonyl (C=O) groups is 1. The Morgan fingerprint density at radius 3 is 2.32 bits per heavy atom. The number of rotatable bonds is 5. The first-order valence-corrected chi connectivity index (χ1v) is 7.21. The maximum absolute atomic E-state index is 12.1. The topological polar surface area (TPSA) is 47.6 Å². The van der Waals surface area contributed by atoms with Gasteiger partial charge in [-0.2, -0.15) is 4.89 Å². The van der Waals surface area contributed by atoms with Crippen molar-refractivity contribution in [3.05, 3.63) is 60.2 Å². The third-order valence-corrected chi connectivity index (χ3v) is 3.03. The molecule has 116 valence electrons. The fraction of sp³-hybridized carbons (Fsp3) is 0.278. The molecule has 0 fully saturated rings. The van der Waals surface area contributed by atoms with E-state index in [0.29, 0.717) is 18.0 Å². The molecule has 0 bridgehead atoms. The average Bonchev–Trinajstić information content (AvgIpc) is 2.49. The van der Waals surface area contributed by atoms with Crippen molar-refractivity contribution in [1.29, 1.82) is 0 Å². The highest BCUT2D eigenvalue weighted by molar-refractivity contribution is 5.95. The summed E-state index contributed by atoms with van der Waals surface area (Å²) in [5.74, 6) is 0.405. The Morgan fingerprint density at radius 1 is 1.00 bits per heavy atom. The van der Waals surface area contributed by atoms with E-state index in [4.69, 9.17) is 9.78 Å². The largest absolute Gasteiger partial charge is 0.335 e. The lowest BCUT2D eigenvalue weighted by molar-refractivity contribution is -0.217. The molecule has 1 N–H and O–H groups in total. The van der Waals surface area contributed by atoms with Gasteiger partial charge in [0.25, 0.3) is 0 Å². The number of anilines is 1. The zero-order chi connectivity index (χ0) is 16.0. The number of carbonyl (C=O) groups excluding carboxylic acids is 1. The molecule has 0 spiro atoms. The van der Waals surface area contributed by atoms with Crippen LogP contribution in [0.3, 0.4) is 0 Å². The minimum absolute atomic E-state index is 0.0772. The van der Waals surface area contributed by atoms with E-state index in [0.717, 1.165) is 5.56 Å². The molecular formula is C18H21NO3. The molecule has 0 unspecified atom stereocenters. The average molecular weight is 299 g/mol. The number of benzene rings is 2. The number of hydrogen-bond acceptors (Lipinski definition) is 3. The van der Waals surface area contributed by atoms with Crippen LogP contribution >= 0.6 is 0 Å². The van der Waals surface area contributed by atoms with E-state index >= 15 is 0 Å². The van der Waals surface area contributed by atoms with Gasteiger partial charge in [0.15, 0.2) is 5.75 Å². The molecule has 0 aliphatic rings. The zero-order valence-corrected chi connectivity index (χ0v) is 13.1. The third kappa shape index (κ3) is 4.60. The maximum Gasteiger partial charge on any atom is 0.229 e. The SMILES string of the molecule is CC(C)(C)C(=O)Nc1ccccc1OOCc1ccccc1. The van der Waals surface area contributed by atoms with E-state index in [1.165, 1.54) is 0 Å². The fourth-order valence-electron chi connectivity index (χ4n) is 1.69. The predicted octanol–water partition coefficient (Wildman–Crippen LogP) is 4.18. The summed E-state index contributed by atoms with van der Waals surface area (Å²) in [6.45, 7) is 5.91. The first-order chi connectivity index (χ1) is 10.5. The van der Waals surface area contributed by atoms with E-state index in [-0.39, 0.29) is 5.91 Å². The van der Waals surface area contributed by atoms with Gasteiger partial charge in [0.2, 0.25) is 5.91 Å². The Balaban J connectivity index is 1.98. The zero-order valence-electron chi connectivity index (χ0n) is 13.1. The molecule has 0 aliphatic carbocycles. The normalized spacial score (nSPS) is 11.0. The summed E-state index contributed by atoms with van der Waals surface area (Å²) in [5.41, 5.74) is 1.13. The standard InChI is InChI=1S/C18H21NO3/c1-18(2,3)17(20)19-15-11-7-8-12-16(15)22-21-13-14-9-5-4-6-10-14/h4-12H,13H2,1-3H3,(H,19,20). The van der Waals surface area contributed by atoms with Gasteiger partial charge in [-0.15, -0.1) is 0 Å². The summed E-state index contributed by atoms with van der Waals surface area (Å²) in [7, 11) is 0. The van der Waals surface area contributed by atoms with Crippen LogP contribution < -0.4 is 10.2 Å². The first-order valence-electron chi connectivity index (χ1n) is 7.21. The van der Waals surface area contributed by atoms with Crippen molar-refractivity contribution in [3.63, 3.8) is 0 Å². The van der Waals surface area contributed by atoms with Gasteiger partial charge in [0.05, 0.1) is 5.69 Å². The summed E-state index contributed by atoms with van der Waals surface area (Å²) >= 11 is 0. The summed E-state index contributed by atoms with van der Waals surface area (Å²) in [5, 5.41) is 2.86. The number of nitrogens with one attached hydrogen (secondary N) is 1. The molecular weight excluding hydrogens is 278 g/mol. The van der Waals surface area contributed by atoms with Gasteiger partial charge in [-0.1, -0.05) is 63.2 Å². The lowest BCUT2D eigenvalue weighted by Gasteiger charge is -2.18. The second-order valence-corrected chi connectivity index (χ2v) is 6.03. The van der Waals surface area contributed by atoms with Crippen LogP contribution in [0.2, 0.25) is 0 Å². The van der Waals surface area contributed by atoms with E-state index in [1.807, 2.05) is 63.2 Å². The van der Waals surface area contributed by atoms with Crippen LogP contribution in [-0.2, 0) is 16.3 Å². The van der Waals surface area contributed by atoms with Gasteiger partial charge in [0, 0.05) is 5.41 Å². The van der Waals surface area contributed by atoms with E-state index in [2.05, 4.69) is 5.32 Å². The molecule has 2 rings (SSSR count). The highest BCUT2D eigenvalue weighted by atomic mass is 17.2. The maximum atomic E-state index is 12.1. The van der Waals surface area contributed by atoms with E-state index in [1.54, 1.807) is 12.1 Å². The van der Waals surface area contributed by atoms with Gasteiger partial charge in [-0.05, 0) is 17.7 Å². The van der Waals surface area contributed by atoms with Crippen molar-refractivity contribution < 1.29 is 14.6 Å². The molecule has 1 amide bonds. The summed E-state index contributed by atoms with van der Waals surface area (Å²) in [6.07, 6.45) is 0. The van der Waals surface area contributed by atoms with Crippen LogP contribution in [0.1, 0.15) is 26.3 Å². The van der Waals surface area contributed by atoms with Gasteiger partial charge >= 0.3 is 0 Å². The Labute approximate surface area is 131 Å². The van der Waals surface area contributed by atoms with Gasteiger partial charge < -0.3 is 10.2 Å². The van der Waals surface area contributed by atoms with Crippen LogP contribution in [0.4, 0.5) is 5.69 Å². The summed E-state index contributed by atoms with van der Waals surface area (Å²) in [4.78, 5) is 22.7. The number of para-hydroxylation sites is 2. The highest BCUT2D eigenvalue weighted by Crippen LogP contribution is 2.26. The molecule has 4 heteroatoms. The van der Waals surface area contributed by atoms with Gasteiger partial charge in [0.1, 0.15) is 6.61 Å². The second kappa shape index (κ2) is 7.09. The molecule has 0 aromatic heterocycles. The van der Waals surface area contributed by atoms with Crippen LogP contribution in [0.15, 0.2) is 54.6 Å². The smallest absolute Gasteiger partial charge is 0.229 e. The number of hydrogen-bond donors (Lipinski definition) is 1. The molecule has 2 aromatic rings. The van der Waals surface area contributed by atoms with Crippen molar-refractivity contribution in [2.45, 2.75) is 27.4 Å². The molecule has 0 saturated heterocycles. The highest BCUT2D eigenvalue weighted by Gasteiger charge is 2.22. The van der Waals surface area contributed by atoms with Crippen LogP contribution in [-0.4, -0.2) is 5.91 Å². The van der Waals surface area contributed by atoms with Crippen molar-refractivity contribution in [2.75, 3.05) is 5.32 Å². The monoisotopic (exact) mass is 299 g/mol. The van der Waals surface area contributed by atoms with Gasteiger partial charge in [-0.3, -0.25) is 4.79 Å². The molecule has 22 heavy (non-hydrogen) atoms. The van der Waals surface area contributed by atoms with E-state index < -0.39 is 5.41 Å². The van der Waals surface area contributed by atoms with Crippen LogP contribution in [0, 0.1) is 5.41 Å². The third-order valence-electron chi connectivity index (χ3n) is 3.03. The fourth-order valence-corrected chi connectivity index (χ4v) is 1.69. The molecule has 0 heterocycles. The van der Waals surface area contributed by atoms with Crippen molar-refractivity contribution in [1.82, 2.24) is 0 Å². The quantitative estimate of drug-likeness (QED) is 0.665. The van der Waals surface area contributed by atoms with Crippen LogP contribution in [0.5, 0.6) is 5.75 Å². The summed E-state index contributed by atoms with van der Waals surface area (Å²) < 4.78 is 0. The molecule has 2 aromatic carbocycles. The molecule has 4 nitrogen and oxygen atoms in total. The second-order valence-electron chi connectivity index (χ2n) is 6.03. The van der Waals surface area contributed by atoms with E-state index in [9.17, 15) is 4.79 Å². The molecule has 0 saturated carbocycles. The predicted molar refractivity (Wildman–Crippen MR) is 86.4 cm³/mol. The van der Waals surface area contributed by atoms with Crippen molar-refractivity contribution >= 4 is 11.6 Å². The van der Waals surface area contributed by atoms with Crippen molar-refractivity contribution in [3.8, 4) is 5.75 Å². The molecule has 0 radical (unpaired) electrons. The Kier molecular flexibility index (Phi) is 5.17. The summed E-state index contributed by atoms with van der Waals surface area (Å²) in [6, 6.07) is 16.9. The first kappa shape index (κ1) is 16.0.